The van der Waals surface area contributed by atoms with Gasteiger partial charge in [0.25, 0.3) is 0 Å². The SMILES string of the molecule is CCC(C)NC.CCC(C)[C-]=O.CCC(O)COC.COC(=O)[C@H](C)C[C-]=O.C[C@@H]1CC(=O)N(C)C1=O.[CH3-].[CH3-].[W+2].[W+2]. The second-order valence-corrected chi connectivity index (χ2v) is 8.71. The number of nitrogens with one attached hydrogen (secondary N) is 1. The van der Waals surface area contributed by atoms with Gasteiger partial charge in [0.15, 0.2) is 0 Å². The molecule has 1 fully saturated rings. The minimum atomic E-state index is -0.363. The van der Waals surface area contributed by atoms with Crippen molar-refractivity contribution in [1.29, 1.82) is 0 Å². The second kappa shape index (κ2) is 41.3. The molecular formula is C29H58N2O8W2. The summed E-state index contributed by atoms with van der Waals surface area (Å²) in [7, 11) is 6.38. The van der Waals surface area contributed by atoms with Crippen LogP contribution in [0, 0.1) is 32.6 Å². The zero-order valence-corrected chi connectivity index (χ0v) is 33.6. The van der Waals surface area contributed by atoms with Crippen LogP contribution >= 0.6 is 0 Å². The molecule has 0 spiro atoms. The first-order chi connectivity index (χ1) is 17.3. The van der Waals surface area contributed by atoms with Crippen molar-refractivity contribution in [2.24, 2.45) is 17.8 Å². The Morgan fingerprint density at radius 2 is 1.54 bits per heavy atom. The maximum atomic E-state index is 10.8. The molecule has 0 aliphatic carbocycles. The van der Waals surface area contributed by atoms with E-state index in [2.05, 4.69) is 28.6 Å². The summed E-state index contributed by atoms with van der Waals surface area (Å²) in [6.07, 6.45) is 6.62. The zero-order chi connectivity index (χ0) is 30.0. The smallest absolute Gasteiger partial charge is 0.542 e. The fourth-order valence-corrected chi connectivity index (χ4v) is 1.95. The molecule has 41 heavy (non-hydrogen) atoms. The van der Waals surface area contributed by atoms with Crippen LogP contribution in [0.3, 0.4) is 0 Å². The van der Waals surface area contributed by atoms with Crippen molar-refractivity contribution < 1.29 is 80.7 Å². The number of ether oxygens (including phenoxy) is 2. The predicted octanol–water partition coefficient (Wildman–Crippen LogP) is 3.75. The molecule has 1 heterocycles. The zero-order valence-electron chi connectivity index (χ0n) is 27.7. The molecule has 1 rings (SSSR count). The minimum Gasteiger partial charge on any atom is -0.542 e. The first kappa shape index (κ1) is 59.6. The summed E-state index contributed by atoms with van der Waals surface area (Å²) in [6.45, 7) is 13.9. The summed E-state index contributed by atoms with van der Waals surface area (Å²) < 4.78 is 8.99. The number of hydrogen-bond acceptors (Lipinski definition) is 9. The average Bonchev–Trinajstić information content (AvgIpc) is 3.13. The van der Waals surface area contributed by atoms with Crippen molar-refractivity contribution in [3.05, 3.63) is 14.9 Å². The molecule has 2 amide bonds. The van der Waals surface area contributed by atoms with Crippen molar-refractivity contribution >= 4 is 30.4 Å². The van der Waals surface area contributed by atoms with Gasteiger partial charge >= 0.3 is 48.1 Å². The molecule has 1 aliphatic heterocycles. The van der Waals surface area contributed by atoms with E-state index in [1.54, 1.807) is 27.2 Å². The van der Waals surface area contributed by atoms with E-state index in [1.165, 1.54) is 25.5 Å². The monoisotopic (exact) mass is 930 g/mol. The third kappa shape index (κ3) is 39.2. The fraction of sp³-hybridized carbons (Fsp3) is 0.759. The van der Waals surface area contributed by atoms with Gasteiger partial charge in [-0.05, 0) is 26.8 Å². The Morgan fingerprint density at radius 3 is 1.66 bits per heavy atom. The molecule has 10 nitrogen and oxygen atoms in total. The number of esters is 1. The Bertz CT molecular complexity index is 609. The average molecular weight is 930 g/mol. The molecule has 244 valence electrons. The van der Waals surface area contributed by atoms with Gasteiger partial charge in [-0.3, -0.25) is 31.9 Å². The molecule has 1 aliphatic rings. The summed E-state index contributed by atoms with van der Waals surface area (Å²) in [5.41, 5.74) is 0. The van der Waals surface area contributed by atoms with Crippen molar-refractivity contribution in [2.75, 3.05) is 34.9 Å². The molecule has 0 saturated carbocycles. The summed E-state index contributed by atoms with van der Waals surface area (Å²) in [5.74, 6) is -0.800. The first-order valence-corrected chi connectivity index (χ1v) is 12.7. The molecule has 0 aromatic carbocycles. The topological polar surface area (TPSA) is 139 Å². The Labute approximate surface area is 280 Å². The Hall–Kier alpha value is -0.793. The van der Waals surface area contributed by atoms with E-state index in [0.29, 0.717) is 19.1 Å². The normalized spacial score (nSPS) is 15.3. The van der Waals surface area contributed by atoms with Crippen molar-refractivity contribution in [3.8, 4) is 0 Å². The second-order valence-electron chi connectivity index (χ2n) is 8.71. The number of hydrogen-bond donors (Lipinski definition) is 2. The van der Waals surface area contributed by atoms with Gasteiger partial charge in [-0.1, -0.05) is 48.0 Å². The first-order valence-electron chi connectivity index (χ1n) is 12.7. The number of imide groups is 1. The van der Waals surface area contributed by atoms with Crippen LogP contribution < -0.4 is 5.32 Å². The maximum absolute atomic E-state index is 10.8. The van der Waals surface area contributed by atoms with Crippen LogP contribution in [0.4, 0.5) is 0 Å². The Morgan fingerprint density at radius 1 is 1.05 bits per heavy atom. The molecule has 3 unspecified atom stereocenters. The quantitative estimate of drug-likeness (QED) is 0.191. The van der Waals surface area contributed by atoms with Gasteiger partial charge < -0.3 is 44.3 Å². The third-order valence-electron chi connectivity index (χ3n) is 5.35. The number of rotatable bonds is 10. The summed E-state index contributed by atoms with van der Waals surface area (Å²) in [4.78, 5) is 52.5. The van der Waals surface area contributed by atoms with E-state index in [-0.39, 0.29) is 105 Å². The number of methoxy groups -OCH3 is 2. The summed E-state index contributed by atoms with van der Waals surface area (Å²) >= 11 is 0. The number of amides is 2. The molecule has 2 N–H and O–H groups in total. The molecule has 0 aromatic rings. The fourth-order valence-electron chi connectivity index (χ4n) is 1.95. The van der Waals surface area contributed by atoms with Gasteiger partial charge in [-0.15, -0.1) is 12.3 Å². The van der Waals surface area contributed by atoms with E-state index < -0.39 is 0 Å². The van der Waals surface area contributed by atoms with E-state index in [9.17, 15) is 24.0 Å². The van der Waals surface area contributed by atoms with E-state index >= 15 is 0 Å². The Balaban J connectivity index is -0.0000000546. The molecule has 5 atom stereocenters. The number of carbonyl (C=O) groups excluding carboxylic acids is 5. The standard InChI is InChI=1S/C6H9NO2.C6H9O3.C5H13N.C5H12O2.C5H9O.2CH3.2W/c1-4-3-5(8)7(2)6(4)9;1-5(3-4-7)6(8)9-2;1-4-5(2)6-3;1-3-5(6)4-7-2;1-3-5(2)4-6;;;;/h4H,3H2,1-2H3;5H,3H2,1-2H3;5-6H,4H2,1-3H3;5-6H,3-4H2,1-2H3;5H,3H2,1-2H3;2*1H3;;/q;-1;;;3*-1;2*+2/t4-;5-;;;;;;;/m11......./s1. The van der Waals surface area contributed by atoms with Gasteiger partial charge in [0.2, 0.25) is 11.8 Å². The van der Waals surface area contributed by atoms with E-state index in [4.69, 9.17) is 5.11 Å². The van der Waals surface area contributed by atoms with Crippen LogP contribution in [-0.2, 0) is 75.6 Å². The number of aliphatic hydroxyl groups excluding tert-OH is 1. The Kier molecular flexibility index (Phi) is 60.1. The van der Waals surface area contributed by atoms with Crippen molar-refractivity contribution in [3.63, 3.8) is 0 Å². The molecule has 0 bridgehead atoms. The molecule has 1 saturated heterocycles. The molecule has 12 heteroatoms. The number of likely N-dealkylation sites (tertiary alicyclic amines) is 1. The van der Waals surface area contributed by atoms with Crippen LogP contribution in [0.1, 0.15) is 80.6 Å². The minimum absolute atomic E-state index is 0. The van der Waals surface area contributed by atoms with Gasteiger partial charge in [-0.2, -0.15) is 0 Å². The van der Waals surface area contributed by atoms with Gasteiger partial charge in [0, 0.05) is 38.5 Å². The van der Waals surface area contributed by atoms with Crippen molar-refractivity contribution in [2.45, 2.75) is 92.7 Å². The summed E-state index contributed by atoms with van der Waals surface area (Å²) in [5, 5.41) is 11.8. The molecule has 0 aromatic heterocycles. The van der Waals surface area contributed by atoms with Gasteiger partial charge in [0.1, 0.15) is 0 Å². The third-order valence-corrected chi connectivity index (χ3v) is 5.35. The van der Waals surface area contributed by atoms with Gasteiger partial charge in [-0.25, -0.2) is 0 Å². The van der Waals surface area contributed by atoms with Gasteiger partial charge in [0.05, 0.1) is 19.8 Å². The number of carbonyl (C=O) groups is 3. The van der Waals surface area contributed by atoms with Crippen molar-refractivity contribution in [1.82, 2.24) is 10.2 Å². The van der Waals surface area contributed by atoms with Crippen LogP contribution in [0.25, 0.3) is 0 Å². The van der Waals surface area contributed by atoms with Crippen LogP contribution in [0.2, 0.25) is 0 Å². The molecule has 0 radical (unpaired) electrons. The number of aliphatic hydroxyl groups is 1. The van der Waals surface area contributed by atoms with Crippen LogP contribution in [-0.4, -0.2) is 87.4 Å². The maximum Gasteiger partial charge on any atom is 2.00 e. The molecular weight excluding hydrogens is 872 g/mol. The van der Waals surface area contributed by atoms with Crippen LogP contribution in [0.5, 0.6) is 0 Å². The van der Waals surface area contributed by atoms with E-state index in [1.807, 2.05) is 34.1 Å². The van der Waals surface area contributed by atoms with Crippen LogP contribution in [0.15, 0.2) is 0 Å². The largest absolute Gasteiger partial charge is 2.00 e. The number of nitrogens with zero attached hydrogens (tertiary/aromatic N) is 1. The van der Waals surface area contributed by atoms with E-state index in [0.717, 1.165) is 12.8 Å². The predicted molar refractivity (Wildman–Crippen MR) is 158 cm³/mol. The summed E-state index contributed by atoms with van der Waals surface area (Å²) in [6, 6.07) is 0.685.